The predicted octanol–water partition coefficient (Wildman–Crippen LogP) is 3.39. The average molecular weight is 240 g/mol. The topological polar surface area (TPSA) is 38.0 Å². The van der Waals surface area contributed by atoms with Gasteiger partial charge in [-0.2, -0.15) is 0 Å². The first-order valence-corrected chi connectivity index (χ1v) is 6.52. The molecule has 1 unspecified atom stereocenters. The van der Waals surface area contributed by atoms with Crippen molar-refractivity contribution in [3.05, 3.63) is 65.4 Å². The van der Waals surface area contributed by atoms with Crippen molar-refractivity contribution in [1.82, 2.24) is 0 Å². The van der Waals surface area contributed by atoms with Crippen LogP contribution in [-0.4, -0.2) is 6.04 Å². The van der Waals surface area contributed by atoms with E-state index in [-0.39, 0.29) is 6.04 Å². The van der Waals surface area contributed by atoms with Crippen LogP contribution in [0.15, 0.2) is 59.8 Å². The average Bonchev–Trinajstić information content (AvgIpc) is 2.67. The van der Waals surface area contributed by atoms with Crippen LogP contribution in [0.5, 0.6) is 0 Å². The predicted molar refractivity (Wildman–Crippen MR) is 78.4 cm³/mol. The molecule has 0 saturated carbocycles. The van der Waals surface area contributed by atoms with Gasteiger partial charge in [0.05, 0.1) is 6.04 Å². The molecule has 1 aromatic carbocycles. The van der Waals surface area contributed by atoms with E-state index in [9.17, 15) is 0 Å². The molecule has 1 aliphatic heterocycles. The van der Waals surface area contributed by atoms with E-state index in [1.54, 1.807) is 0 Å². The number of nitrogens with one attached hydrogen (secondary N) is 1. The highest BCUT2D eigenvalue weighted by Gasteiger charge is 2.14. The molecule has 94 valence electrons. The monoisotopic (exact) mass is 240 g/mol. The second-order valence-corrected chi connectivity index (χ2v) is 4.25. The Labute approximate surface area is 109 Å². The number of hydrogen-bond acceptors (Lipinski definition) is 2. The SMILES string of the molecule is CC.NC1=CC2=CC(C=C1)Nc1ccccc1C2. The molecule has 0 fully saturated rings. The normalized spacial score (nSPS) is 20.0. The van der Waals surface area contributed by atoms with Crippen LogP contribution in [0.25, 0.3) is 0 Å². The summed E-state index contributed by atoms with van der Waals surface area (Å²) in [7, 11) is 0. The van der Waals surface area contributed by atoms with E-state index >= 15 is 0 Å². The van der Waals surface area contributed by atoms with Crippen LogP contribution >= 0.6 is 0 Å². The van der Waals surface area contributed by atoms with Gasteiger partial charge in [0.2, 0.25) is 0 Å². The fraction of sp³-hybridized carbons (Fsp3) is 0.250. The van der Waals surface area contributed by atoms with Gasteiger partial charge in [0.25, 0.3) is 0 Å². The first-order chi connectivity index (χ1) is 8.81. The van der Waals surface area contributed by atoms with Crippen LogP contribution in [0.2, 0.25) is 0 Å². The van der Waals surface area contributed by atoms with Crippen molar-refractivity contribution in [2.24, 2.45) is 5.73 Å². The molecule has 3 N–H and O–H groups in total. The molecular weight excluding hydrogens is 220 g/mol. The van der Waals surface area contributed by atoms with Crippen molar-refractivity contribution in [3.8, 4) is 0 Å². The lowest BCUT2D eigenvalue weighted by Gasteiger charge is -2.12. The first-order valence-electron chi connectivity index (χ1n) is 6.52. The summed E-state index contributed by atoms with van der Waals surface area (Å²) in [5, 5.41) is 3.50. The smallest absolute Gasteiger partial charge is 0.0638 e. The molecule has 2 heteroatoms. The van der Waals surface area contributed by atoms with Crippen molar-refractivity contribution < 1.29 is 0 Å². The van der Waals surface area contributed by atoms with Crippen LogP contribution in [0, 0.1) is 0 Å². The van der Waals surface area contributed by atoms with E-state index in [4.69, 9.17) is 5.73 Å². The van der Waals surface area contributed by atoms with Gasteiger partial charge in [-0.05, 0) is 35.8 Å². The quantitative estimate of drug-likeness (QED) is 0.729. The highest BCUT2D eigenvalue weighted by Crippen LogP contribution is 2.26. The van der Waals surface area contributed by atoms with E-state index in [2.05, 4.69) is 47.8 Å². The van der Waals surface area contributed by atoms with Crippen molar-refractivity contribution in [2.45, 2.75) is 26.3 Å². The molecule has 0 spiro atoms. The molecule has 0 aromatic heterocycles. The second kappa shape index (κ2) is 5.58. The Bertz CT molecular complexity index is 510. The summed E-state index contributed by atoms with van der Waals surface area (Å²) >= 11 is 0. The van der Waals surface area contributed by atoms with Crippen LogP contribution < -0.4 is 11.1 Å². The summed E-state index contributed by atoms with van der Waals surface area (Å²) in [5.74, 6) is 0. The Morgan fingerprint density at radius 3 is 2.83 bits per heavy atom. The first kappa shape index (κ1) is 12.5. The fourth-order valence-electron chi connectivity index (χ4n) is 2.23. The Morgan fingerprint density at radius 2 is 2.00 bits per heavy atom. The molecule has 1 atom stereocenters. The van der Waals surface area contributed by atoms with E-state index in [1.165, 1.54) is 16.8 Å². The van der Waals surface area contributed by atoms with Crippen LogP contribution in [0.4, 0.5) is 5.69 Å². The van der Waals surface area contributed by atoms with Crippen LogP contribution in [0.3, 0.4) is 0 Å². The Morgan fingerprint density at radius 1 is 1.22 bits per heavy atom. The molecule has 2 aliphatic rings. The molecule has 2 nitrogen and oxygen atoms in total. The van der Waals surface area contributed by atoms with Gasteiger partial charge >= 0.3 is 0 Å². The molecular formula is C16H20N2. The molecule has 1 aliphatic carbocycles. The zero-order valence-electron chi connectivity index (χ0n) is 11.0. The van der Waals surface area contributed by atoms with E-state index < -0.39 is 0 Å². The lowest BCUT2D eigenvalue weighted by Crippen LogP contribution is -2.13. The van der Waals surface area contributed by atoms with E-state index in [0.717, 1.165) is 12.1 Å². The summed E-state index contributed by atoms with van der Waals surface area (Å²) < 4.78 is 0. The highest BCUT2D eigenvalue weighted by molar-refractivity contribution is 5.58. The zero-order chi connectivity index (χ0) is 13.0. The summed E-state index contributed by atoms with van der Waals surface area (Å²) in [6.45, 7) is 4.00. The van der Waals surface area contributed by atoms with Gasteiger partial charge in [0.15, 0.2) is 0 Å². The largest absolute Gasteiger partial charge is 0.399 e. The standard InChI is InChI=1S/C14H14N2.C2H6/c15-12-5-6-13-9-10(8-12)7-11-3-1-2-4-14(11)16-13;1-2/h1-6,8-9,13,16H,7,15H2;1-2H3. The minimum Gasteiger partial charge on any atom is -0.399 e. The third-order valence-electron chi connectivity index (χ3n) is 2.98. The van der Waals surface area contributed by atoms with Gasteiger partial charge in [-0.1, -0.05) is 44.2 Å². The number of allylic oxidation sites excluding steroid dienone is 3. The Kier molecular flexibility index (Phi) is 3.88. The summed E-state index contributed by atoms with van der Waals surface area (Å²) in [6.07, 6.45) is 9.30. The maximum absolute atomic E-state index is 5.87. The van der Waals surface area contributed by atoms with Gasteiger partial charge in [-0.25, -0.2) is 0 Å². The molecule has 3 rings (SSSR count). The molecule has 18 heavy (non-hydrogen) atoms. The Hall–Kier alpha value is -1.96. The summed E-state index contributed by atoms with van der Waals surface area (Å²) in [6, 6.07) is 8.67. The summed E-state index contributed by atoms with van der Waals surface area (Å²) in [5.41, 5.74) is 10.5. The number of anilines is 1. The summed E-state index contributed by atoms with van der Waals surface area (Å²) in [4.78, 5) is 0. The minimum atomic E-state index is 0.246. The third-order valence-corrected chi connectivity index (χ3v) is 2.98. The van der Waals surface area contributed by atoms with Crippen molar-refractivity contribution >= 4 is 5.69 Å². The number of fused-ring (bicyclic) bond motifs is 2. The number of rotatable bonds is 0. The van der Waals surface area contributed by atoms with Crippen molar-refractivity contribution in [2.75, 3.05) is 5.32 Å². The molecule has 0 amide bonds. The lowest BCUT2D eigenvalue weighted by atomic mass is 10.0. The lowest BCUT2D eigenvalue weighted by molar-refractivity contribution is 1.11. The van der Waals surface area contributed by atoms with Gasteiger partial charge in [0.1, 0.15) is 0 Å². The van der Waals surface area contributed by atoms with Crippen LogP contribution in [-0.2, 0) is 6.42 Å². The molecule has 0 saturated heterocycles. The fourth-order valence-corrected chi connectivity index (χ4v) is 2.23. The maximum atomic E-state index is 5.87. The second-order valence-electron chi connectivity index (χ2n) is 4.25. The third kappa shape index (κ3) is 2.65. The molecule has 2 bridgehead atoms. The maximum Gasteiger partial charge on any atom is 0.0638 e. The van der Waals surface area contributed by atoms with Gasteiger partial charge in [0, 0.05) is 11.4 Å². The van der Waals surface area contributed by atoms with Gasteiger partial charge in [-0.15, -0.1) is 0 Å². The molecule has 1 heterocycles. The zero-order valence-corrected chi connectivity index (χ0v) is 11.0. The molecule has 0 radical (unpaired) electrons. The van der Waals surface area contributed by atoms with E-state index in [1.807, 2.05) is 19.9 Å². The molecule has 1 aromatic rings. The number of hydrogen-bond donors (Lipinski definition) is 2. The van der Waals surface area contributed by atoms with Crippen molar-refractivity contribution in [1.29, 1.82) is 0 Å². The Balaban J connectivity index is 0.000000574. The number of nitrogens with two attached hydrogens (primary N) is 1. The van der Waals surface area contributed by atoms with E-state index in [0.29, 0.717) is 0 Å². The van der Waals surface area contributed by atoms with Gasteiger partial charge < -0.3 is 11.1 Å². The number of para-hydroxylation sites is 1. The van der Waals surface area contributed by atoms with Gasteiger partial charge in [-0.3, -0.25) is 0 Å². The highest BCUT2D eigenvalue weighted by atomic mass is 14.9. The minimum absolute atomic E-state index is 0.246. The van der Waals surface area contributed by atoms with Crippen molar-refractivity contribution in [3.63, 3.8) is 0 Å². The van der Waals surface area contributed by atoms with Crippen LogP contribution in [0.1, 0.15) is 19.4 Å². The number of benzene rings is 1.